The Morgan fingerprint density at radius 2 is 0.790 bits per heavy atom. The van der Waals surface area contributed by atoms with E-state index in [9.17, 15) is 24.0 Å². The van der Waals surface area contributed by atoms with Gasteiger partial charge in [-0.25, -0.2) is 0 Å². The minimum Gasteiger partial charge on any atom is -0.469 e. The van der Waals surface area contributed by atoms with Crippen LogP contribution in [0, 0.1) is 0 Å². The Balaban J connectivity index is -0.0000000243. The second kappa shape index (κ2) is 83.0. The Morgan fingerprint density at radius 1 is 0.500 bits per heavy atom. The molecule has 0 aliphatic heterocycles. The monoisotopic (exact) mass is 1790 g/mol. The van der Waals surface area contributed by atoms with Gasteiger partial charge >= 0.3 is 11.9 Å². The van der Waals surface area contributed by atoms with Crippen molar-refractivity contribution in [3.05, 3.63) is 12.2 Å². The molecule has 0 aromatic rings. The van der Waals surface area contributed by atoms with Gasteiger partial charge in [-0.15, -0.1) is 0 Å². The summed E-state index contributed by atoms with van der Waals surface area (Å²) in [5, 5.41) is 30.2. The summed E-state index contributed by atoms with van der Waals surface area (Å²) in [6.07, 6.45) is 0.264. The van der Waals surface area contributed by atoms with Gasteiger partial charge in [-0.2, -0.15) is 0 Å². The van der Waals surface area contributed by atoms with Crippen LogP contribution in [0.2, 0.25) is 0 Å². The van der Waals surface area contributed by atoms with Crippen molar-refractivity contribution >= 4 is 29.3 Å². The molecule has 0 aromatic carbocycles. The van der Waals surface area contributed by atoms with Crippen LogP contribution >= 0.6 is 0 Å². The summed E-state index contributed by atoms with van der Waals surface area (Å²) in [6.45, 7) is 27.6. The number of aliphatic hydroxyl groups excluding tert-OH is 2. The van der Waals surface area contributed by atoms with Crippen LogP contribution in [0.15, 0.2) is 12.2 Å². The molecule has 336 valence electrons. The fraction of sp³-hybridized carbons (Fsp3) is 0.811. The number of Topliss-reactive ketones (excluding diaryl/α,β-unsaturated/α-hetero) is 3. The number of hydrogen-bond donors (Lipinski definition) is 6. The number of aliphatic hydroxyl groups is 2. The summed E-state index contributed by atoms with van der Waals surface area (Å²) in [5.74, 6) is -0.648. The van der Waals surface area contributed by atoms with Gasteiger partial charge in [0, 0.05) is 423 Å². The summed E-state index contributed by atoms with van der Waals surface area (Å²) >= 11 is 0. The standard InChI is InChI=1S/C10H19NO3.C9H17NO3.C8H17NO2.C8H17NO.2CH4.12Y/c1-7(2)11-9(8(3)12)5-6-10(13)14-4;1-6(2)10-8(7(3)11)5-9(12)13-4;1-5(2)9-8(6(3)10)7(4)11;1-6(2)8(5-10)9-7(3)4;;;;;;;;;;;;;;/h7,9,11H,5-6H2,1-4H3;6,8,10H,5H2,1-4H3;5-6,8-10H,1-4H3;7-10H,1,5H2,2-4H3;2*1H4;;;;;;;;;;;;/t9-;8-;6-,8+;8-;;;;;;;;;;;;;;/m0010............../s1. The van der Waals surface area contributed by atoms with E-state index in [4.69, 9.17) is 10.2 Å². The number of nitrogens with one attached hydrogen (secondary N) is 4. The Bertz CT molecular complexity index is 967. The molecule has 25 heteroatoms. The number of esters is 2. The molecule has 12 radical (unpaired) electrons. The van der Waals surface area contributed by atoms with E-state index in [0.717, 1.165) is 5.57 Å². The Morgan fingerprint density at radius 3 is 0.968 bits per heavy atom. The second-order valence-corrected chi connectivity index (χ2v) is 12.9. The predicted octanol–water partition coefficient (Wildman–Crippen LogP) is 3.89. The minimum absolute atomic E-state index is 0. The first-order chi connectivity index (χ1) is 22.0. The molecule has 0 unspecified atom stereocenters. The molecular formula is C37H78N4O9Y12. The van der Waals surface area contributed by atoms with Crippen molar-refractivity contribution in [3.8, 4) is 0 Å². The molecule has 62 heavy (non-hydrogen) atoms. The first-order valence-corrected chi connectivity index (χ1v) is 16.6. The van der Waals surface area contributed by atoms with Gasteiger partial charge in [0.05, 0.1) is 57.5 Å². The van der Waals surface area contributed by atoms with Gasteiger partial charge in [0.1, 0.15) is 17.3 Å². The van der Waals surface area contributed by atoms with E-state index < -0.39 is 18.2 Å². The molecule has 0 aliphatic rings. The van der Waals surface area contributed by atoms with Gasteiger partial charge in [0.25, 0.3) is 0 Å². The average molecular weight is 1790 g/mol. The third kappa shape index (κ3) is 90.2. The number of rotatable bonds is 19. The zero-order valence-electron chi connectivity index (χ0n) is 39.4. The number of ether oxygens (including phenoxy) is 2. The van der Waals surface area contributed by atoms with Crippen molar-refractivity contribution in [2.75, 3.05) is 20.8 Å². The molecule has 0 bridgehead atoms. The van der Waals surface area contributed by atoms with Crippen LogP contribution in [0.4, 0.5) is 0 Å². The van der Waals surface area contributed by atoms with Crippen LogP contribution in [-0.2, 0) is 426 Å². The zero-order chi connectivity index (χ0) is 38.7. The van der Waals surface area contributed by atoms with Crippen LogP contribution in [0.3, 0.4) is 0 Å². The van der Waals surface area contributed by atoms with Crippen molar-refractivity contribution in [2.45, 2.75) is 179 Å². The Kier molecular flexibility index (Phi) is 167. The summed E-state index contributed by atoms with van der Waals surface area (Å²) in [4.78, 5) is 54.9. The molecule has 0 saturated heterocycles. The van der Waals surface area contributed by atoms with E-state index in [1.807, 2.05) is 62.3 Å². The number of carbonyl (C=O) groups is 5. The SMILES string of the molecule is C.C.C=C(C)[C@H](CO)NC(C)C.CC(=O)[C@@H](NC(C)C)[C@@H](C)O.COC(=O)CC[C@H](NC(C)C)C(C)=O.COC(=O)C[C@H](NC(C)C)C(C)=O.[Y].[Y].[Y].[Y].[Y].[Y].[Y].[Y].[Y].[Y].[Y].[Y]. The molecule has 6 N–H and O–H groups in total. The zero-order valence-corrected chi connectivity index (χ0v) is 73.5. The van der Waals surface area contributed by atoms with E-state index in [-0.39, 0.29) is 486 Å². The normalized spacial score (nSPS) is 10.7. The van der Waals surface area contributed by atoms with Crippen LogP contribution in [0.1, 0.15) is 124 Å². The molecule has 0 saturated carbocycles. The van der Waals surface area contributed by atoms with E-state index in [2.05, 4.69) is 37.3 Å². The van der Waals surface area contributed by atoms with Crippen LogP contribution in [0.25, 0.3) is 0 Å². The number of methoxy groups -OCH3 is 2. The van der Waals surface area contributed by atoms with E-state index in [0.29, 0.717) is 12.5 Å². The molecule has 0 aromatic heterocycles. The van der Waals surface area contributed by atoms with E-state index in [1.54, 1.807) is 6.92 Å². The smallest absolute Gasteiger partial charge is 0.307 e. The second-order valence-electron chi connectivity index (χ2n) is 12.9. The first-order valence-electron chi connectivity index (χ1n) is 16.6. The van der Waals surface area contributed by atoms with Crippen LogP contribution < -0.4 is 21.3 Å². The Hall–Kier alpha value is 10.7. The molecule has 0 aliphatic carbocycles. The summed E-state index contributed by atoms with van der Waals surface area (Å²) < 4.78 is 8.99. The van der Waals surface area contributed by atoms with Gasteiger partial charge in [0.15, 0.2) is 0 Å². The van der Waals surface area contributed by atoms with Gasteiger partial charge in [-0.05, 0) is 41.0 Å². The molecule has 0 spiro atoms. The van der Waals surface area contributed by atoms with Crippen LogP contribution in [-0.4, -0.2) is 115 Å². The van der Waals surface area contributed by atoms with Gasteiger partial charge in [-0.3, -0.25) is 24.0 Å². The quantitative estimate of drug-likeness (QED) is 0.0808. The summed E-state index contributed by atoms with van der Waals surface area (Å²) in [5.41, 5.74) is 0.983. The Labute approximate surface area is 682 Å². The van der Waals surface area contributed by atoms with E-state index >= 15 is 0 Å². The maximum Gasteiger partial charge on any atom is 0.307 e. The third-order valence-corrected chi connectivity index (χ3v) is 6.26. The van der Waals surface area contributed by atoms with Gasteiger partial charge < -0.3 is 41.0 Å². The average Bonchev–Trinajstić information content (AvgIpc) is 2.95. The van der Waals surface area contributed by atoms with Gasteiger partial charge in [0.2, 0.25) is 0 Å². The molecule has 5 atom stereocenters. The number of hydrogen-bond acceptors (Lipinski definition) is 13. The molecule has 13 nitrogen and oxygen atoms in total. The molecule has 0 amide bonds. The van der Waals surface area contributed by atoms with Crippen molar-refractivity contribution in [1.29, 1.82) is 0 Å². The number of ketones is 3. The molecular weight excluding hydrogens is 1710 g/mol. The van der Waals surface area contributed by atoms with Crippen molar-refractivity contribution in [2.24, 2.45) is 0 Å². The molecule has 0 heterocycles. The molecule has 0 rings (SSSR count). The topological polar surface area (TPSA) is 192 Å². The maximum absolute atomic E-state index is 11.2. The maximum atomic E-state index is 11.2. The number of carbonyl (C=O) groups excluding carboxylic acids is 5. The third-order valence-electron chi connectivity index (χ3n) is 6.26. The first kappa shape index (κ1) is 125. The van der Waals surface area contributed by atoms with E-state index in [1.165, 1.54) is 35.0 Å². The van der Waals surface area contributed by atoms with Crippen LogP contribution in [0.5, 0.6) is 0 Å². The minimum atomic E-state index is -0.616. The van der Waals surface area contributed by atoms with Crippen molar-refractivity contribution in [1.82, 2.24) is 21.3 Å². The summed E-state index contributed by atoms with van der Waals surface area (Å²) in [7, 11) is 2.66. The fourth-order valence-electron chi connectivity index (χ4n) is 3.85. The summed E-state index contributed by atoms with van der Waals surface area (Å²) in [6, 6.07) is 0.00371. The van der Waals surface area contributed by atoms with Gasteiger partial charge in [-0.1, -0.05) is 82.4 Å². The largest absolute Gasteiger partial charge is 0.469 e. The predicted molar refractivity (Wildman–Crippen MR) is 205 cm³/mol. The molecule has 0 fully saturated rings. The fourth-order valence-corrected chi connectivity index (χ4v) is 3.85. The van der Waals surface area contributed by atoms with Crippen molar-refractivity contribution < 1.29 is 436 Å². The van der Waals surface area contributed by atoms with Crippen molar-refractivity contribution in [3.63, 3.8) is 0 Å².